The number of carbonyl (C=O) groups excluding carboxylic acids is 2. The summed E-state index contributed by atoms with van der Waals surface area (Å²) in [5.41, 5.74) is 0. The third-order valence-corrected chi connectivity index (χ3v) is 1.21. The second kappa shape index (κ2) is 5.29. The van der Waals surface area contributed by atoms with Crippen LogP contribution < -0.4 is 0 Å². The molecule has 0 bridgehead atoms. The van der Waals surface area contributed by atoms with Gasteiger partial charge in [-0.15, -0.1) is 0 Å². The van der Waals surface area contributed by atoms with Crippen LogP contribution in [0, 0.1) is 0 Å². The summed E-state index contributed by atoms with van der Waals surface area (Å²) in [4.78, 5) is 31.1. The van der Waals surface area contributed by atoms with Gasteiger partial charge in [-0.05, 0) is 6.42 Å². The fourth-order valence-electron chi connectivity index (χ4n) is 0.616. The Balaban J connectivity index is 3.58. The molecule has 0 aromatic carbocycles. The van der Waals surface area contributed by atoms with Gasteiger partial charge < -0.3 is 9.84 Å². The molecule has 1 N–H and O–H groups in total. The van der Waals surface area contributed by atoms with Crippen molar-refractivity contribution in [3.8, 4) is 0 Å². The minimum atomic E-state index is -0.979. The smallest absolute Gasteiger partial charge is 0.374 e. The van der Waals surface area contributed by atoms with E-state index >= 15 is 0 Å². The second-order valence-electron chi connectivity index (χ2n) is 2.16. The van der Waals surface area contributed by atoms with Crippen molar-refractivity contribution >= 4 is 17.7 Å². The lowest BCUT2D eigenvalue weighted by atomic mass is 10.2. The molecule has 0 spiro atoms. The van der Waals surface area contributed by atoms with Gasteiger partial charge in [0.25, 0.3) is 0 Å². The Hall–Kier alpha value is -1.39. The predicted molar refractivity (Wildman–Crippen MR) is 38.5 cm³/mol. The van der Waals surface area contributed by atoms with Crippen LogP contribution in [0.5, 0.6) is 0 Å². The Morgan fingerprint density at radius 2 is 1.83 bits per heavy atom. The lowest BCUT2D eigenvalue weighted by Crippen LogP contribution is -2.15. The molecule has 12 heavy (non-hydrogen) atoms. The van der Waals surface area contributed by atoms with E-state index < -0.39 is 17.7 Å². The standard InChI is InChI=1S/C7H10O5/c1-12-7(11)5(8)3-2-4-6(9)10/h2-4H2,1H3,(H,9,10). The highest BCUT2D eigenvalue weighted by Gasteiger charge is 2.13. The molecule has 0 saturated heterocycles. The molecule has 0 aromatic heterocycles. The summed E-state index contributed by atoms with van der Waals surface area (Å²) in [6.07, 6.45) is -0.00895. The molecule has 0 rings (SSSR count). The van der Waals surface area contributed by atoms with Crippen molar-refractivity contribution in [1.82, 2.24) is 0 Å². The largest absolute Gasteiger partial charge is 0.481 e. The zero-order chi connectivity index (χ0) is 9.56. The number of carboxylic acid groups (broad SMARTS) is 1. The van der Waals surface area contributed by atoms with E-state index in [1.54, 1.807) is 0 Å². The van der Waals surface area contributed by atoms with Crippen molar-refractivity contribution < 1.29 is 24.2 Å². The van der Waals surface area contributed by atoms with Crippen LogP contribution in [0.3, 0.4) is 0 Å². The highest BCUT2D eigenvalue weighted by atomic mass is 16.5. The number of hydrogen-bond acceptors (Lipinski definition) is 4. The highest BCUT2D eigenvalue weighted by molar-refractivity contribution is 6.33. The van der Waals surface area contributed by atoms with Gasteiger partial charge in [0.1, 0.15) is 0 Å². The molecule has 0 aliphatic heterocycles. The topological polar surface area (TPSA) is 80.7 Å². The van der Waals surface area contributed by atoms with Crippen LogP contribution in [-0.4, -0.2) is 29.9 Å². The van der Waals surface area contributed by atoms with E-state index in [4.69, 9.17) is 5.11 Å². The molecule has 5 heteroatoms. The number of Topliss-reactive ketones (excluding diaryl/α,β-unsaturated/α-hetero) is 1. The molecule has 0 amide bonds. The van der Waals surface area contributed by atoms with Gasteiger partial charge >= 0.3 is 11.9 Å². The Bertz CT molecular complexity index is 196. The monoisotopic (exact) mass is 174 g/mol. The molecule has 0 fully saturated rings. The van der Waals surface area contributed by atoms with Gasteiger partial charge in [-0.3, -0.25) is 9.59 Å². The Morgan fingerprint density at radius 1 is 1.25 bits per heavy atom. The van der Waals surface area contributed by atoms with Crippen LogP contribution in [0.4, 0.5) is 0 Å². The van der Waals surface area contributed by atoms with Crippen molar-refractivity contribution in [2.24, 2.45) is 0 Å². The van der Waals surface area contributed by atoms with Crippen LogP contribution in [0.1, 0.15) is 19.3 Å². The molecule has 0 aromatic rings. The lowest BCUT2D eigenvalue weighted by molar-refractivity contribution is -0.151. The first kappa shape index (κ1) is 10.6. The maximum absolute atomic E-state index is 10.7. The molecule has 0 aliphatic rings. The van der Waals surface area contributed by atoms with Gasteiger partial charge in [0.2, 0.25) is 5.78 Å². The van der Waals surface area contributed by atoms with E-state index in [1.807, 2.05) is 0 Å². The average Bonchev–Trinajstić information content (AvgIpc) is 2.02. The first-order chi connectivity index (χ1) is 5.57. The van der Waals surface area contributed by atoms with Crippen LogP contribution in [0.15, 0.2) is 0 Å². The van der Waals surface area contributed by atoms with E-state index in [0.29, 0.717) is 0 Å². The SMILES string of the molecule is COC(=O)C(=O)CCCC(=O)O. The molecule has 0 unspecified atom stereocenters. The summed E-state index contributed by atoms with van der Waals surface area (Å²) in [7, 11) is 1.11. The minimum absolute atomic E-state index is 0.0705. The first-order valence-electron chi connectivity index (χ1n) is 3.41. The molecule has 0 radical (unpaired) electrons. The number of rotatable bonds is 5. The average molecular weight is 174 g/mol. The second-order valence-corrected chi connectivity index (χ2v) is 2.16. The van der Waals surface area contributed by atoms with Gasteiger partial charge in [0.05, 0.1) is 7.11 Å². The van der Waals surface area contributed by atoms with E-state index in [0.717, 1.165) is 7.11 Å². The zero-order valence-corrected chi connectivity index (χ0v) is 6.70. The summed E-state index contributed by atoms with van der Waals surface area (Å²) < 4.78 is 4.13. The maximum Gasteiger partial charge on any atom is 0.374 e. The normalized spacial score (nSPS) is 9.08. The Labute approximate surface area is 69.3 Å². The third kappa shape index (κ3) is 4.43. The summed E-state index contributed by atoms with van der Waals surface area (Å²) >= 11 is 0. The molecule has 0 aliphatic carbocycles. The Kier molecular flexibility index (Phi) is 4.67. The predicted octanol–water partition coefficient (Wildman–Crippen LogP) is -0.0166. The quantitative estimate of drug-likeness (QED) is 0.468. The summed E-state index contributed by atoms with van der Waals surface area (Å²) in [6.45, 7) is 0. The van der Waals surface area contributed by atoms with E-state index in [9.17, 15) is 14.4 Å². The number of ether oxygens (including phenoxy) is 1. The molecule has 5 nitrogen and oxygen atoms in total. The molecule has 0 atom stereocenters. The van der Waals surface area contributed by atoms with Crippen molar-refractivity contribution in [2.45, 2.75) is 19.3 Å². The van der Waals surface area contributed by atoms with Crippen molar-refractivity contribution in [1.29, 1.82) is 0 Å². The van der Waals surface area contributed by atoms with Gasteiger partial charge in [0, 0.05) is 12.8 Å². The lowest BCUT2D eigenvalue weighted by Gasteiger charge is -1.96. The number of ketones is 1. The number of carboxylic acids is 1. The Morgan fingerprint density at radius 3 is 2.25 bits per heavy atom. The third-order valence-electron chi connectivity index (χ3n) is 1.21. The number of methoxy groups -OCH3 is 1. The van der Waals surface area contributed by atoms with E-state index in [-0.39, 0.29) is 19.3 Å². The number of carbonyl (C=O) groups is 3. The fourth-order valence-corrected chi connectivity index (χ4v) is 0.616. The van der Waals surface area contributed by atoms with Gasteiger partial charge in [-0.1, -0.05) is 0 Å². The number of hydrogen-bond donors (Lipinski definition) is 1. The van der Waals surface area contributed by atoms with Crippen molar-refractivity contribution in [3.63, 3.8) is 0 Å². The number of esters is 1. The fraction of sp³-hybridized carbons (Fsp3) is 0.571. The highest BCUT2D eigenvalue weighted by Crippen LogP contribution is 1.97. The van der Waals surface area contributed by atoms with Crippen LogP contribution in [0.25, 0.3) is 0 Å². The van der Waals surface area contributed by atoms with Gasteiger partial charge in [-0.25, -0.2) is 4.79 Å². The zero-order valence-electron chi connectivity index (χ0n) is 6.70. The van der Waals surface area contributed by atoms with Crippen molar-refractivity contribution in [2.75, 3.05) is 7.11 Å². The van der Waals surface area contributed by atoms with Crippen LogP contribution >= 0.6 is 0 Å². The molecular weight excluding hydrogens is 164 g/mol. The summed E-state index contributed by atoms with van der Waals surface area (Å²) in [5, 5.41) is 8.19. The van der Waals surface area contributed by atoms with Crippen molar-refractivity contribution in [3.05, 3.63) is 0 Å². The maximum atomic E-state index is 10.7. The van der Waals surface area contributed by atoms with E-state index in [1.165, 1.54) is 0 Å². The summed E-state index contributed by atoms with van der Waals surface area (Å²) in [5.74, 6) is -2.58. The molecular formula is C7H10O5. The van der Waals surface area contributed by atoms with Crippen LogP contribution in [0.2, 0.25) is 0 Å². The van der Waals surface area contributed by atoms with Gasteiger partial charge in [-0.2, -0.15) is 0 Å². The van der Waals surface area contributed by atoms with E-state index in [2.05, 4.69) is 4.74 Å². The summed E-state index contributed by atoms with van der Waals surface area (Å²) in [6, 6.07) is 0. The minimum Gasteiger partial charge on any atom is -0.481 e. The molecule has 0 heterocycles. The van der Waals surface area contributed by atoms with Crippen LogP contribution in [-0.2, 0) is 19.1 Å². The van der Waals surface area contributed by atoms with Gasteiger partial charge in [0.15, 0.2) is 0 Å². The number of aliphatic carboxylic acids is 1. The molecule has 68 valence electrons. The first-order valence-corrected chi connectivity index (χ1v) is 3.41. The molecule has 0 saturated carbocycles.